The summed E-state index contributed by atoms with van der Waals surface area (Å²) in [5, 5.41) is 3.93. The Bertz CT molecular complexity index is 694. The third kappa shape index (κ3) is 3.58. The van der Waals surface area contributed by atoms with Crippen LogP contribution in [-0.2, 0) is 6.54 Å². The highest BCUT2D eigenvalue weighted by atomic mass is 35.5. The average Bonchev–Trinajstić information content (AvgIpc) is 2.56. The zero-order chi connectivity index (χ0) is 14.5. The molecule has 0 spiro atoms. The van der Waals surface area contributed by atoms with Crippen LogP contribution in [0.1, 0.15) is 5.56 Å². The molecule has 0 radical (unpaired) electrons. The van der Waals surface area contributed by atoms with Gasteiger partial charge in [0.1, 0.15) is 0 Å². The summed E-state index contributed by atoms with van der Waals surface area (Å²) >= 11 is 5.86. The maximum atomic E-state index is 5.86. The van der Waals surface area contributed by atoms with Gasteiger partial charge < -0.3 is 5.32 Å². The van der Waals surface area contributed by atoms with Gasteiger partial charge in [0.25, 0.3) is 0 Å². The second-order valence-corrected chi connectivity index (χ2v) is 5.08. The molecule has 1 heterocycles. The van der Waals surface area contributed by atoms with Gasteiger partial charge >= 0.3 is 0 Å². The van der Waals surface area contributed by atoms with Crippen LogP contribution in [0.3, 0.4) is 0 Å². The van der Waals surface area contributed by atoms with Crippen molar-refractivity contribution in [2.75, 3.05) is 5.32 Å². The number of hydrogen-bond donors (Lipinski definition) is 1. The molecule has 1 N–H and O–H groups in total. The van der Waals surface area contributed by atoms with Crippen molar-refractivity contribution >= 4 is 17.5 Å². The van der Waals surface area contributed by atoms with E-state index < -0.39 is 0 Å². The van der Waals surface area contributed by atoms with E-state index in [-0.39, 0.29) is 0 Å². The molecule has 0 fully saturated rings. The molecule has 0 amide bonds. The molecule has 104 valence electrons. The van der Waals surface area contributed by atoms with Crippen LogP contribution >= 0.6 is 11.6 Å². The lowest BCUT2D eigenvalue weighted by Crippen LogP contribution is -2.03. The summed E-state index contributed by atoms with van der Waals surface area (Å²) in [5.74, 6) is 0.615. The SMILES string of the molecule is Clc1ccc(CNc2ncc(-c3ccccc3)cn2)cc1. The van der Waals surface area contributed by atoms with Crippen molar-refractivity contribution < 1.29 is 0 Å². The molecule has 0 saturated carbocycles. The molecule has 0 atom stereocenters. The predicted octanol–water partition coefficient (Wildman–Crippen LogP) is 4.41. The molecule has 0 aliphatic heterocycles. The fraction of sp³-hybridized carbons (Fsp3) is 0.0588. The second kappa shape index (κ2) is 6.37. The first-order chi connectivity index (χ1) is 10.3. The highest BCUT2D eigenvalue weighted by molar-refractivity contribution is 6.30. The van der Waals surface area contributed by atoms with E-state index in [0.717, 1.165) is 21.7 Å². The molecule has 4 heteroatoms. The van der Waals surface area contributed by atoms with E-state index >= 15 is 0 Å². The third-order valence-corrected chi connectivity index (χ3v) is 3.37. The van der Waals surface area contributed by atoms with E-state index in [1.807, 2.05) is 67.0 Å². The summed E-state index contributed by atoms with van der Waals surface area (Å²) in [6.45, 7) is 0.669. The van der Waals surface area contributed by atoms with Crippen LogP contribution in [0.4, 0.5) is 5.95 Å². The molecule has 0 unspecified atom stereocenters. The smallest absolute Gasteiger partial charge is 0.222 e. The number of nitrogens with zero attached hydrogens (tertiary/aromatic N) is 2. The summed E-state index contributed by atoms with van der Waals surface area (Å²) in [6.07, 6.45) is 3.65. The van der Waals surface area contributed by atoms with E-state index in [1.165, 1.54) is 0 Å². The van der Waals surface area contributed by atoms with Gasteiger partial charge in [0.05, 0.1) is 0 Å². The van der Waals surface area contributed by atoms with Crippen LogP contribution in [0.5, 0.6) is 0 Å². The van der Waals surface area contributed by atoms with Crippen LogP contribution in [0.15, 0.2) is 67.0 Å². The summed E-state index contributed by atoms with van der Waals surface area (Å²) in [6, 6.07) is 17.8. The van der Waals surface area contributed by atoms with Gasteiger partial charge in [0.15, 0.2) is 0 Å². The number of nitrogens with one attached hydrogen (secondary N) is 1. The average molecular weight is 296 g/mol. The Balaban J connectivity index is 1.66. The van der Waals surface area contributed by atoms with Gasteiger partial charge in [-0.15, -0.1) is 0 Å². The van der Waals surface area contributed by atoms with Gasteiger partial charge in [-0.3, -0.25) is 0 Å². The van der Waals surface area contributed by atoms with Crippen molar-refractivity contribution in [3.8, 4) is 11.1 Å². The number of halogens is 1. The van der Waals surface area contributed by atoms with E-state index in [9.17, 15) is 0 Å². The van der Waals surface area contributed by atoms with Gasteiger partial charge in [0, 0.05) is 29.5 Å². The molecule has 0 aliphatic rings. The molecule has 0 bridgehead atoms. The minimum absolute atomic E-state index is 0.615. The van der Waals surface area contributed by atoms with Crippen molar-refractivity contribution in [2.24, 2.45) is 0 Å². The van der Waals surface area contributed by atoms with E-state index in [0.29, 0.717) is 12.5 Å². The molecule has 0 aliphatic carbocycles. The molecule has 1 aromatic heterocycles. The van der Waals surface area contributed by atoms with Crippen LogP contribution in [-0.4, -0.2) is 9.97 Å². The molecule has 0 saturated heterocycles. The van der Waals surface area contributed by atoms with Crippen molar-refractivity contribution in [1.82, 2.24) is 9.97 Å². The highest BCUT2D eigenvalue weighted by Crippen LogP contribution is 2.17. The largest absolute Gasteiger partial charge is 0.350 e. The van der Waals surface area contributed by atoms with Gasteiger partial charge in [-0.2, -0.15) is 0 Å². The van der Waals surface area contributed by atoms with Crippen molar-refractivity contribution in [3.05, 3.63) is 77.6 Å². The molecule has 21 heavy (non-hydrogen) atoms. The van der Waals surface area contributed by atoms with Crippen molar-refractivity contribution in [1.29, 1.82) is 0 Å². The van der Waals surface area contributed by atoms with Crippen LogP contribution in [0.2, 0.25) is 5.02 Å². The Labute approximate surface area is 128 Å². The van der Waals surface area contributed by atoms with Crippen LogP contribution in [0, 0.1) is 0 Å². The van der Waals surface area contributed by atoms with Crippen LogP contribution < -0.4 is 5.32 Å². The fourth-order valence-corrected chi connectivity index (χ4v) is 2.11. The summed E-state index contributed by atoms with van der Waals surface area (Å²) in [4.78, 5) is 8.68. The molecule has 3 aromatic rings. The molecule has 3 rings (SSSR count). The first-order valence-electron chi connectivity index (χ1n) is 6.67. The van der Waals surface area contributed by atoms with Gasteiger partial charge in [0.2, 0.25) is 5.95 Å². The number of hydrogen-bond acceptors (Lipinski definition) is 3. The fourth-order valence-electron chi connectivity index (χ4n) is 1.98. The van der Waals surface area contributed by atoms with Gasteiger partial charge in [-0.05, 0) is 23.3 Å². The molecular formula is C17H14ClN3. The Kier molecular flexibility index (Phi) is 4.12. The van der Waals surface area contributed by atoms with E-state index in [2.05, 4.69) is 15.3 Å². The molecule has 3 nitrogen and oxygen atoms in total. The molecular weight excluding hydrogens is 282 g/mol. The standard InChI is InChI=1S/C17H14ClN3/c18-16-8-6-13(7-9-16)10-19-17-20-11-15(12-21-17)14-4-2-1-3-5-14/h1-9,11-12H,10H2,(H,19,20,21). The molecule has 2 aromatic carbocycles. The normalized spacial score (nSPS) is 10.3. The van der Waals surface area contributed by atoms with Crippen LogP contribution in [0.25, 0.3) is 11.1 Å². The minimum atomic E-state index is 0.615. The zero-order valence-corrected chi connectivity index (χ0v) is 12.1. The Morgan fingerprint density at radius 1 is 0.810 bits per heavy atom. The summed E-state index contributed by atoms with van der Waals surface area (Å²) in [7, 11) is 0. The lowest BCUT2D eigenvalue weighted by Gasteiger charge is -2.06. The Hall–Kier alpha value is -2.39. The third-order valence-electron chi connectivity index (χ3n) is 3.12. The number of rotatable bonds is 4. The summed E-state index contributed by atoms with van der Waals surface area (Å²) in [5.41, 5.74) is 3.25. The number of anilines is 1. The summed E-state index contributed by atoms with van der Waals surface area (Å²) < 4.78 is 0. The topological polar surface area (TPSA) is 37.8 Å². The van der Waals surface area contributed by atoms with Gasteiger partial charge in [-0.1, -0.05) is 54.1 Å². The van der Waals surface area contributed by atoms with Gasteiger partial charge in [-0.25, -0.2) is 9.97 Å². The first-order valence-corrected chi connectivity index (χ1v) is 7.05. The second-order valence-electron chi connectivity index (χ2n) is 4.64. The first kappa shape index (κ1) is 13.6. The quantitative estimate of drug-likeness (QED) is 0.775. The lowest BCUT2D eigenvalue weighted by molar-refractivity contribution is 1.06. The van der Waals surface area contributed by atoms with Crippen molar-refractivity contribution in [2.45, 2.75) is 6.54 Å². The predicted molar refractivity (Wildman–Crippen MR) is 86.2 cm³/mol. The van der Waals surface area contributed by atoms with E-state index in [4.69, 9.17) is 11.6 Å². The maximum absolute atomic E-state index is 5.86. The number of benzene rings is 2. The highest BCUT2D eigenvalue weighted by Gasteiger charge is 2.00. The zero-order valence-electron chi connectivity index (χ0n) is 11.3. The maximum Gasteiger partial charge on any atom is 0.222 e. The monoisotopic (exact) mass is 295 g/mol. The minimum Gasteiger partial charge on any atom is -0.350 e. The Morgan fingerprint density at radius 3 is 2.14 bits per heavy atom. The number of aromatic nitrogens is 2. The Morgan fingerprint density at radius 2 is 1.48 bits per heavy atom. The van der Waals surface area contributed by atoms with E-state index in [1.54, 1.807) is 0 Å². The van der Waals surface area contributed by atoms with Crippen molar-refractivity contribution in [3.63, 3.8) is 0 Å². The lowest BCUT2D eigenvalue weighted by atomic mass is 10.1.